The molecule has 3 aromatic carbocycles. The molecule has 164 valence electrons. The summed E-state index contributed by atoms with van der Waals surface area (Å²) in [6.45, 7) is 4.59. The Morgan fingerprint density at radius 3 is 2.25 bits per heavy atom. The molecule has 1 heterocycles. The molecule has 1 amide bonds. The van der Waals surface area contributed by atoms with E-state index < -0.39 is 5.41 Å². The van der Waals surface area contributed by atoms with Crippen molar-refractivity contribution in [3.05, 3.63) is 101 Å². The molecule has 1 atom stereocenters. The zero-order valence-corrected chi connectivity index (χ0v) is 20.2. The Hall–Kier alpha value is -2.88. The average Bonchev–Trinajstić information content (AvgIpc) is 3.00. The first-order valence-corrected chi connectivity index (χ1v) is 12.6. The third kappa shape index (κ3) is 4.36. The zero-order chi connectivity index (χ0) is 22.7. The van der Waals surface area contributed by atoms with Crippen LogP contribution in [0.4, 0.5) is 4.39 Å². The molecule has 3 aromatic rings. The van der Waals surface area contributed by atoms with Crippen LogP contribution in [0.1, 0.15) is 25.0 Å². The van der Waals surface area contributed by atoms with Gasteiger partial charge in [-0.1, -0.05) is 0 Å². The van der Waals surface area contributed by atoms with E-state index >= 15 is 0 Å². The molecule has 0 aliphatic carbocycles. The maximum atomic E-state index is 13.8. The maximum absolute atomic E-state index is 13.8. The molecule has 0 radical (unpaired) electrons. The predicted octanol–water partition coefficient (Wildman–Crippen LogP) is 5.06. The van der Waals surface area contributed by atoms with Crippen molar-refractivity contribution in [1.82, 2.24) is 4.90 Å². The number of nitrogens with zero attached hydrogens (tertiary/aromatic N) is 1. The van der Waals surface area contributed by atoms with E-state index in [1.54, 1.807) is 19.2 Å². The minimum absolute atomic E-state index is 0.105. The quantitative estimate of drug-likeness (QED) is 0.430. The average molecular weight is 494 g/mol. The zero-order valence-electron chi connectivity index (χ0n) is 18.5. The summed E-state index contributed by atoms with van der Waals surface area (Å²) in [6.07, 6.45) is 0. The Kier molecular flexibility index (Phi) is 6.50. The molecule has 0 saturated heterocycles. The SMILES string of the molecule is COc1ccc([Se]CC2(C)C(=O)N(Cc3ccccc3)C(c3ccc(F)cc3)=C2C)cc1. The van der Waals surface area contributed by atoms with Crippen molar-refractivity contribution in [2.75, 3.05) is 7.11 Å². The Labute approximate surface area is 195 Å². The summed E-state index contributed by atoms with van der Waals surface area (Å²) >= 11 is 0.120. The number of methoxy groups -OCH3 is 1. The van der Waals surface area contributed by atoms with Crippen LogP contribution in [0.5, 0.6) is 5.75 Å². The van der Waals surface area contributed by atoms with Crippen LogP contribution in [-0.4, -0.2) is 32.9 Å². The molecule has 32 heavy (non-hydrogen) atoms. The van der Waals surface area contributed by atoms with Gasteiger partial charge in [-0.3, -0.25) is 0 Å². The number of hydrogen-bond donors (Lipinski definition) is 0. The van der Waals surface area contributed by atoms with E-state index in [-0.39, 0.29) is 26.7 Å². The van der Waals surface area contributed by atoms with E-state index in [4.69, 9.17) is 4.74 Å². The Morgan fingerprint density at radius 2 is 1.62 bits per heavy atom. The summed E-state index contributed by atoms with van der Waals surface area (Å²) in [5, 5.41) is 0.757. The monoisotopic (exact) mass is 495 g/mol. The predicted molar refractivity (Wildman–Crippen MR) is 127 cm³/mol. The van der Waals surface area contributed by atoms with Gasteiger partial charge in [0.2, 0.25) is 0 Å². The molecular formula is C27H26FNO2Se. The van der Waals surface area contributed by atoms with Crippen molar-refractivity contribution in [2.24, 2.45) is 5.41 Å². The second-order valence-electron chi connectivity index (χ2n) is 8.15. The van der Waals surface area contributed by atoms with Gasteiger partial charge in [-0.25, -0.2) is 0 Å². The molecule has 1 unspecified atom stereocenters. The van der Waals surface area contributed by atoms with Gasteiger partial charge in [0.1, 0.15) is 0 Å². The van der Waals surface area contributed by atoms with Crippen LogP contribution in [0.15, 0.2) is 84.4 Å². The molecular weight excluding hydrogens is 468 g/mol. The summed E-state index contributed by atoms with van der Waals surface area (Å²) in [5.41, 5.74) is 3.28. The fraction of sp³-hybridized carbons (Fsp3) is 0.222. The van der Waals surface area contributed by atoms with Gasteiger partial charge in [-0.2, -0.15) is 0 Å². The summed E-state index contributed by atoms with van der Waals surface area (Å²) < 4.78 is 20.1. The van der Waals surface area contributed by atoms with E-state index in [2.05, 4.69) is 12.1 Å². The van der Waals surface area contributed by atoms with E-state index in [0.29, 0.717) is 6.54 Å². The molecule has 0 aromatic heterocycles. The van der Waals surface area contributed by atoms with Gasteiger partial charge >= 0.3 is 195 Å². The standard InChI is InChI=1S/C27H26FNO2Se/c1-19-25(21-9-11-22(28)12-10-21)29(17-20-7-5-4-6-8-20)26(30)27(19,2)18-32-24-15-13-23(31-3)14-16-24/h4-16H,17-18H2,1-3H3. The Balaban J connectivity index is 1.67. The third-order valence-electron chi connectivity index (χ3n) is 6.06. The van der Waals surface area contributed by atoms with E-state index in [0.717, 1.165) is 33.5 Å². The molecule has 1 aliphatic heterocycles. The van der Waals surface area contributed by atoms with Gasteiger partial charge < -0.3 is 0 Å². The van der Waals surface area contributed by atoms with Crippen molar-refractivity contribution in [1.29, 1.82) is 0 Å². The number of amides is 1. The van der Waals surface area contributed by atoms with Crippen molar-refractivity contribution < 1.29 is 13.9 Å². The number of benzene rings is 3. The van der Waals surface area contributed by atoms with Gasteiger partial charge in [-0.05, 0) is 0 Å². The summed E-state index contributed by atoms with van der Waals surface area (Å²) in [4.78, 5) is 15.7. The van der Waals surface area contributed by atoms with Gasteiger partial charge in [0.15, 0.2) is 0 Å². The number of rotatable bonds is 7. The fourth-order valence-electron chi connectivity index (χ4n) is 3.99. The first kappa shape index (κ1) is 22.3. The van der Waals surface area contributed by atoms with Crippen LogP contribution in [0.25, 0.3) is 5.70 Å². The molecule has 0 bridgehead atoms. The first-order chi connectivity index (χ1) is 15.4. The van der Waals surface area contributed by atoms with E-state index in [1.165, 1.54) is 16.6 Å². The molecule has 5 heteroatoms. The molecule has 0 spiro atoms. The van der Waals surface area contributed by atoms with Crippen molar-refractivity contribution in [3.63, 3.8) is 0 Å². The minimum atomic E-state index is -0.599. The van der Waals surface area contributed by atoms with Crippen molar-refractivity contribution in [3.8, 4) is 5.75 Å². The first-order valence-electron chi connectivity index (χ1n) is 10.5. The fourth-order valence-corrected chi connectivity index (χ4v) is 6.35. The molecule has 0 fully saturated rings. The van der Waals surface area contributed by atoms with Crippen LogP contribution in [0, 0.1) is 11.2 Å². The number of carbonyl (C=O) groups excluding carboxylic acids is 1. The third-order valence-corrected chi connectivity index (χ3v) is 8.84. The Morgan fingerprint density at radius 1 is 0.969 bits per heavy atom. The van der Waals surface area contributed by atoms with Gasteiger partial charge in [0, 0.05) is 0 Å². The normalized spacial score (nSPS) is 18.4. The van der Waals surface area contributed by atoms with Crippen molar-refractivity contribution >= 4 is 31.0 Å². The van der Waals surface area contributed by atoms with Crippen LogP contribution < -0.4 is 9.20 Å². The van der Waals surface area contributed by atoms with Gasteiger partial charge in [-0.15, -0.1) is 0 Å². The number of hydrogen-bond acceptors (Lipinski definition) is 2. The number of ether oxygens (including phenoxy) is 1. The summed E-state index contributed by atoms with van der Waals surface area (Å²) in [6, 6.07) is 24.5. The van der Waals surface area contributed by atoms with Gasteiger partial charge in [0.05, 0.1) is 0 Å². The van der Waals surface area contributed by atoms with E-state index in [1.807, 2.05) is 61.2 Å². The molecule has 0 N–H and O–H groups in total. The van der Waals surface area contributed by atoms with Crippen LogP contribution in [0.3, 0.4) is 0 Å². The molecule has 1 aliphatic rings. The number of carbonyl (C=O) groups is 1. The van der Waals surface area contributed by atoms with Crippen LogP contribution in [-0.2, 0) is 11.3 Å². The molecule has 3 nitrogen and oxygen atoms in total. The van der Waals surface area contributed by atoms with Crippen LogP contribution in [0.2, 0.25) is 5.32 Å². The molecule has 4 rings (SSSR count). The second-order valence-corrected chi connectivity index (χ2v) is 10.4. The van der Waals surface area contributed by atoms with Crippen molar-refractivity contribution in [2.45, 2.75) is 25.7 Å². The number of halogens is 1. The Bertz CT molecular complexity index is 1130. The van der Waals surface area contributed by atoms with Gasteiger partial charge in [0.25, 0.3) is 0 Å². The topological polar surface area (TPSA) is 29.5 Å². The summed E-state index contributed by atoms with van der Waals surface area (Å²) in [7, 11) is 1.66. The summed E-state index contributed by atoms with van der Waals surface area (Å²) in [5.74, 6) is 0.654. The van der Waals surface area contributed by atoms with Crippen LogP contribution >= 0.6 is 0 Å². The second kappa shape index (κ2) is 9.31. The van der Waals surface area contributed by atoms with E-state index in [9.17, 15) is 9.18 Å². The molecule has 0 saturated carbocycles.